The van der Waals surface area contributed by atoms with Crippen molar-refractivity contribution in [2.75, 3.05) is 19.6 Å². The first-order valence-electron chi connectivity index (χ1n) is 6.61. The average Bonchev–Trinajstić information content (AvgIpc) is 2.44. The first kappa shape index (κ1) is 13.5. The number of likely N-dealkylation sites (N-methyl/N-ethyl adjacent to an activating group) is 1. The molecule has 0 bridgehead atoms. The molecule has 0 aliphatic carbocycles. The van der Waals surface area contributed by atoms with Crippen molar-refractivity contribution in [3.05, 3.63) is 42.1 Å². The largest absolute Gasteiger partial charge is 0.355 e. The second-order valence-corrected chi connectivity index (χ2v) is 4.37. The molecule has 19 heavy (non-hydrogen) atoms. The highest BCUT2D eigenvalue weighted by molar-refractivity contribution is 5.81. The van der Waals surface area contributed by atoms with Gasteiger partial charge in [-0.3, -0.25) is 9.78 Å². The second kappa shape index (κ2) is 6.85. The molecule has 0 aliphatic heterocycles. The average molecular weight is 257 g/mol. The molecule has 0 spiro atoms. The number of amides is 1. The summed E-state index contributed by atoms with van der Waals surface area (Å²) >= 11 is 0. The van der Waals surface area contributed by atoms with Crippen LogP contribution in [0.3, 0.4) is 0 Å². The Labute approximate surface area is 113 Å². The van der Waals surface area contributed by atoms with Gasteiger partial charge in [0.1, 0.15) is 0 Å². The predicted octanol–water partition coefficient (Wildman–Crippen LogP) is 1.50. The number of pyridine rings is 1. The van der Waals surface area contributed by atoms with E-state index in [-0.39, 0.29) is 5.91 Å². The van der Waals surface area contributed by atoms with Crippen molar-refractivity contribution in [1.82, 2.24) is 15.6 Å². The molecule has 1 heterocycles. The predicted molar refractivity (Wildman–Crippen MR) is 77.0 cm³/mol. The molecule has 2 aromatic rings. The van der Waals surface area contributed by atoms with Gasteiger partial charge in [0.2, 0.25) is 5.91 Å². The van der Waals surface area contributed by atoms with Crippen LogP contribution in [-0.4, -0.2) is 30.5 Å². The van der Waals surface area contributed by atoms with Gasteiger partial charge in [-0.1, -0.05) is 24.3 Å². The van der Waals surface area contributed by atoms with Crippen molar-refractivity contribution < 1.29 is 4.79 Å². The molecule has 4 heteroatoms. The SMILES string of the molecule is CCNC(=O)CNCCc1cccc2cccnc12. The third-order valence-corrected chi connectivity index (χ3v) is 2.95. The highest BCUT2D eigenvalue weighted by Gasteiger charge is 2.02. The Morgan fingerprint density at radius 3 is 2.95 bits per heavy atom. The van der Waals surface area contributed by atoms with Crippen molar-refractivity contribution in [3.8, 4) is 0 Å². The molecule has 1 aromatic carbocycles. The van der Waals surface area contributed by atoms with Gasteiger partial charge in [0.05, 0.1) is 12.1 Å². The van der Waals surface area contributed by atoms with E-state index in [1.807, 2.05) is 25.3 Å². The molecule has 2 N–H and O–H groups in total. The molecule has 0 unspecified atom stereocenters. The number of hydrogen-bond acceptors (Lipinski definition) is 3. The fourth-order valence-electron chi connectivity index (χ4n) is 2.05. The van der Waals surface area contributed by atoms with Crippen molar-refractivity contribution in [2.24, 2.45) is 0 Å². The number of nitrogens with zero attached hydrogens (tertiary/aromatic N) is 1. The minimum atomic E-state index is 0.0403. The Balaban J connectivity index is 1.90. The topological polar surface area (TPSA) is 54.0 Å². The molecule has 0 saturated carbocycles. The first-order chi connectivity index (χ1) is 9.31. The number of nitrogens with one attached hydrogen (secondary N) is 2. The zero-order valence-electron chi connectivity index (χ0n) is 11.1. The summed E-state index contributed by atoms with van der Waals surface area (Å²) in [6, 6.07) is 10.2. The summed E-state index contributed by atoms with van der Waals surface area (Å²) in [5.74, 6) is 0.0403. The highest BCUT2D eigenvalue weighted by atomic mass is 16.1. The van der Waals surface area contributed by atoms with Crippen LogP contribution in [0.1, 0.15) is 12.5 Å². The molecule has 1 aromatic heterocycles. The summed E-state index contributed by atoms with van der Waals surface area (Å²) < 4.78 is 0. The molecule has 0 atom stereocenters. The van der Waals surface area contributed by atoms with E-state index in [2.05, 4.69) is 33.8 Å². The van der Waals surface area contributed by atoms with Gasteiger partial charge in [-0.25, -0.2) is 0 Å². The number of rotatable bonds is 6. The molecule has 4 nitrogen and oxygen atoms in total. The Hall–Kier alpha value is -1.94. The molecule has 0 fully saturated rings. The van der Waals surface area contributed by atoms with Crippen LogP contribution in [-0.2, 0) is 11.2 Å². The summed E-state index contributed by atoms with van der Waals surface area (Å²) in [5, 5.41) is 7.06. The van der Waals surface area contributed by atoms with E-state index >= 15 is 0 Å². The molecule has 100 valence electrons. The van der Waals surface area contributed by atoms with Crippen molar-refractivity contribution in [2.45, 2.75) is 13.3 Å². The van der Waals surface area contributed by atoms with Gasteiger partial charge < -0.3 is 10.6 Å². The molecule has 0 aliphatic rings. The van der Waals surface area contributed by atoms with Crippen molar-refractivity contribution in [1.29, 1.82) is 0 Å². The fourth-order valence-corrected chi connectivity index (χ4v) is 2.05. The summed E-state index contributed by atoms with van der Waals surface area (Å²) in [6.45, 7) is 3.73. The normalized spacial score (nSPS) is 10.6. The minimum Gasteiger partial charge on any atom is -0.355 e. The van der Waals surface area contributed by atoms with E-state index in [4.69, 9.17) is 0 Å². The first-order valence-corrected chi connectivity index (χ1v) is 6.61. The quantitative estimate of drug-likeness (QED) is 0.771. The number of fused-ring (bicyclic) bond motifs is 1. The lowest BCUT2D eigenvalue weighted by molar-refractivity contribution is -0.120. The van der Waals surface area contributed by atoms with Crippen LogP contribution in [0.4, 0.5) is 0 Å². The highest BCUT2D eigenvalue weighted by Crippen LogP contribution is 2.15. The van der Waals surface area contributed by atoms with Crippen LogP contribution in [0.5, 0.6) is 0 Å². The molecular weight excluding hydrogens is 238 g/mol. The zero-order valence-corrected chi connectivity index (χ0v) is 11.1. The van der Waals surface area contributed by atoms with Crippen LogP contribution in [0, 0.1) is 0 Å². The number of aromatic nitrogens is 1. The fraction of sp³-hybridized carbons (Fsp3) is 0.333. The van der Waals surface area contributed by atoms with E-state index < -0.39 is 0 Å². The van der Waals surface area contributed by atoms with Gasteiger partial charge in [0.15, 0.2) is 0 Å². The maximum absolute atomic E-state index is 11.3. The van der Waals surface area contributed by atoms with Crippen molar-refractivity contribution >= 4 is 16.8 Å². The van der Waals surface area contributed by atoms with Gasteiger partial charge in [-0.2, -0.15) is 0 Å². The Bertz CT molecular complexity index is 549. The summed E-state index contributed by atoms with van der Waals surface area (Å²) in [5.41, 5.74) is 2.26. The standard InChI is InChI=1S/C15H19N3O/c1-2-17-14(19)11-16-10-8-13-6-3-5-12-7-4-9-18-15(12)13/h3-7,9,16H,2,8,10-11H2,1H3,(H,17,19). The van der Waals surface area contributed by atoms with Crippen LogP contribution in [0.15, 0.2) is 36.5 Å². The van der Waals surface area contributed by atoms with Crippen molar-refractivity contribution in [3.63, 3.8) is 0 Å². The number of hydrogen-bond donors (Lipinski definition) is 2. The number of carbonyl (C=O) groups is 1. The van der Waals surface area contributed by atoms with Crippen LogP contribution < -0.4 is 10.6 Å². The second-order valence-electron chi connectivity index (χ2n) is 4.37. The van der Waals surface area contributed by atoms with Crippen LogP contribution in [0.2, 0.25) is 0 Å². The van der Waals surface area contributed by atoms with Crippen LogP contribution in [0.25, 0.3) is 10.9 Å². The third-order valence-electron chi connectivity index (χ3n) is 2.95. The van der Waals surface area contributed by atoms with Gasteiger partial charge in [-0.05, 0) is 31.5 Å². The van der Waals surface area contributed by atoms with E-state index in [1.54, 1.807) is 0 Å². The smallest absolute Gasteiger partial charge is 0.233 e. The lowest BCUT2D eigenvalue weighted by Crippen LogP contribution is -2.34. The maximum atomic E-state index is 11.3. The van der Waals surface area contributed by atoms with E-state index in [9.17, 15) is 4.79 Å². The third kappa shape index (κ3) is 3.76. The number of carbonyl (C=O) groups excluding carboxylic acids is 1. The number of para-hydroxylation sites is 1. The molecule has 0 radical (unpaired) electrons. The van der Waals surface area contributed by atoms with E-state index in [0.29, 0.717) is 13.1 Å². The summed E-state index contributed by atoms with van der Waals surface area (Å²) in [7, 11) is 0. The van der Waals surface area contributed by atoms with Gasteiger partial charge in [0, 0.05) is 18.1 Å². The Morgan fingerprint density at radius 1 is 1.26 bits per heavy atom. The van der Waals surface area contributed by atoms with E-state index in [1.165, 1.54) is 5.56 Å². The van der Waals surface area contributed by atoms with E-state index in [0.717, 1.165) is 23.9 Å². The Kier molecular flexibility index (Phi) is 4.86. The zero-order chi connectivity index (χ0) is 13.5. The molecular formula is C15H19N3O. The summed E-state index contributed by atoms with van der Waals surface area (Å²) in [4.78, 5) is 15.7. The molecule has 2 rings (SSSR count). The van der Waals surface area contributed by atoms with Gasteiger partial charge in [-0.15, -0.1) is 0 Å². The number of benzene rings is 1. The minimum absolute atomic E-state index is 0.0403. The maximum Gasteiger partial charge on any atom is 0.233 e. The van der Waals surface area contributed by atoms with Gasteiger partial charge in [0.25, 0.3) is 0 Å². The molecule has 1 amide bonds. The van der Waals surface area contributed by atoms with Gasteiger partial charge >= 0.3 is 0 Å². The van der Waals surface area contributed by atoms with Crippen LogP contribution >= 0.6 is 0 Å². The monoisotopic (exact) mass is 257 g/mol. The lowest BCUT2D eigenvalue weighted by atomic mass is 10.1. The lowest BCUT2D eigenvalue weighted by Gasteiger charge is -2.07. The molecule has 0 saturated heterocycles. The Morgan fingerprint density at radius 2 is 2.11 bits per heavy atom. The summed E-state index contributed by atoms with van der Waals surface area (Å²) in [6.07, 6.45) is 2.68.